The zero-order valence-corrected chi connectivity index (χ0v) is 16.5. The van der Waals surface area contributed by atoms with E-state index in [1.54, 1.807) is 4.90 Å². The Bertz CT molecular complexity index is 983. The number of aryl methyl sites for hydroxylation is 2. The Balaban J connectivity index is 1.49. The largest absolute Gasteiger partial charge is 0.488 e. The Morgan fingerprint density at radius 3 is 2.71 bits per heavy atom. The van der Waals surface area contributed by atoms with Gasteiger partial charge < -0.3 is 9.64 Å². The molecule has 0 saturated carbocycles. The molecule has 2 heterocycles. The first-order valence-electron chi connectivity index (χ1n) is 9.55. The molecule has 0 saturated heterocycles. The van der Waals surface area contributed by atoms with Crippen LogP contribution >= 0.6 is 0 Å². The highest BCUT2D eigenvalue weighted by atomic mass is 16.5. The molecule has 1 atom stereocenters. The number of amides is 1. The maximum absolute atomic E-state index is 13.0. The summed E-state index contributed by atoms with van der Waals surface area (Å²) in [5.74, 6) is 0.919. The molecule has 1 amide bonds. The van der Waals surface area contributed by atoms with Crippen LogP contribution in [0, 0.1) is 13.8 Å². The van der Waals surface area contributed by atoms with Gasteiger partial charge in [-0.2, -0.15) is 0 Å². The normalized spacial score (nSPS) is 15.0. The summed E-state index contributed by atoms with van der Waals surface area (Å²) in [6.45, 7) is 4.60. The summed E-state index contributed by atoms with van der Waals surface area (Å²) in [4.78, 5) is 19.3. The summed E-state index contributed by atoms with van der Waals surface area (Å²) < 4.78 is 5.98. The Labute approximate surface area is 165 Å². The zero-order chi connectivity index (χ0) is 19.7. The van der Waals surface area contributed by atoms with Gasteiger partial charge in [0, 0.05) is 30.3 Å². The predicted molar refractivity (Wildman–Crippen MR) is 111 cm³/mol. The molecule has 4 nitrogen and oxygen atoms in total. The van der Waals surface area contributed by atoms with Gasteiger partial charge in [-0.1, -0.05) is 30.3 Å². The number of hydrogen-bond donors (Lipinski definition) is 0. The molecule has 28 heavy (non-hydrogen) atoms. The summed E-state index contributed by atoms with van der Waals surface area (Å²) in [7, 11) is 1.83. The van der Waals surface area contributed by atoms with Gasteiger partial charge in [-0.15, -0.1) is 0 Å². The van der Waals surface area contributed by atoms with Gasteiger partial charge in [0.25, 0.3) is 5.91 Å². The minimum absolute atomic E-state index is 0.00405. The molecule has 0 bridgehead atoms. The van der Waals surface area contributed by atoms with Crippen molar-refractivity contribution in [3.8, 4) is 17.0 Å². The van der Waals surface area contributed by atoms with Crippen molar-refractivity contribution in [3.05, 3.63) is 83.0 Å². The summed E-state index contributed by atoms with van der Waals surface area (Å²) >= 11 is 0. The molecular weight excluding hydrogens is 348 g/mol. The summed E-state index contributed by atoms with van der Waals surface area (Å²) in [6, 6.07) is 19.8. The average Bonchev–Trinajstić information content (AvgIpc) is 3.09. The van der Waals surface area contributed by atoms with Gasteiger partial charge in [0.05, 0.1) is 12.2 Å². The second-order valence-corrected chi connectivity index (χ2v) is 7.49. The van der Waals surface area contributed by atoms with Crippen molar-refractivity contribution in [3.63, 3.8) is 0 Å². The number of ether oxygens (including phenoxy) is 1. The fraction of sp³-hybridized carbons (Fsp3) is 0.250. The van der Waals surface area contributed by atoms with E-state index < -0.39 is 0 Å². The van der Waals surface area contributed by atoms with Gasteiger partial charge in [0.2, 0.25) is 0 Å². The van der Waals surface area contributed by atoms with Crippen molar-refractivity contribution in [2.75, 3.05) is 13.6 Å². The van der Waals surface area contributed by atoms with E-state index in [2.05, 4.69) is 18.0 Å². The molecule has 3 aromatic rings. The number of aromatic nitrogens is 1. The molecule has 0 aliphatic carbocycles. The van der Waals surface area contributed by atoms with Crippen LogP contribution in [0.5, 0.6) is 5.75 Å². The Kier molecular flexibility index (Phi) is 4.86. The fourth-order valence-corrected chi connectivity index (χ4v) is 3.77. The number of rotatable bonds is 4. The van der Waals surface area contributed by atoms with Gasteiger partial charge in [-0.3, -0.25) is 9.78 Å². The fourth-order valence-electron chi connectivity index (χ4n) is 3.77. The molecule has 142 valence electrons. The molecule has 0 spiro atoms. The smallest absolute Gasteiger partial charge is 0.253 e. The van der Waals surface area contributed by atoms with Crippen molar-refractivity contribution in [2.24, 2.45) is 0 Å². The third-order valence-corrected chi connectivity index (χ3v) is 5.04. The van der Waals surface area contributed by atoms with E-state index in [9.17, 15) is 4.79 Å². The first-order chi connectivity index (χ1) is 13.5. The minimum Gasteiger partial charge on any atom is -0.488 e. The van der Waals surface area contributed by atoms with Crippen molar-refractivity contribution in [1.82, 2.24) is 9.88 Å². The third kappa shape index (κ3) is 3.77. The molecule has 0 unspecified atom stereocenters. The first kappa shape index (κ1) is 18.2. The summed E-state index contributed by atoms with van der Waals surface area (Å²) in [5.41, 5.74) is 5.85. The lowest BCUT2D eigenvalue weighted by Gasteiger charge is -2.21. The number of para-hydroxylation sites is 1. The number of hydrogen-bond acceptors (Lipinski definition) is 3. The van der Waals surface area contributed by atoms with Crippen LogP contribution in [0.1, 0.15) is 27.2 Å². The number of pyridine rings is 1. The van der Waals surface area contributed by atoms with Crippen LogP contribution in [0.15, 0.2) is 60.7 Å². The van der Waals surface area contributed by atoms with Gasteiger partial charge in [0.15, 0.2) is 0 Å². The highest BCUT2D eigenvalue weighted by molar-refractivity contribution is 5.95. The van der Waals surface area contributed by atoms with Crippen LogP contribution in [0.4, 0.5) is 0 Å². The van der Waals surface area contributed by atoms with E-state index in [4.69, 9.17) is 4.74 Å². The van der Waals surface area contributed by atoms with E-state index in [0.29, 0.717) is 12.1 Å². The van der Waals surface area contributed by atoms with Gasteiger partial charge in [-0.05, 0) is 55.3 Å². The molecule has 0 radical (unpaired) electrons. The predicted octanol–water partition coefficient (Wildman–Crippen LogP) is 4.44. The topological polar surface area (TPSA) is 42.4 Å². The minimum atomic E-state index is -0.00854. The van der Waals surface area contributed by atoms with Crippen molar-refractivity contribution < 1.29 is 9.53 Å². The number of nitrogens with zero attached hydrogens (tertiary/aromatic N) is 2. The van der Waals surface area contributed by atoms with Gasteiger partial charge >= 0.3 is 0 Å². The quantitative estimate of drug-likeness (QED) is 0.680. The highest BCUT2D eigenvalue weighted by Crippen LogP contribution is 2.28. The number of fused-ring (bicyclic) bond motifs is 1. The summed E-state index contributed by atoms with van der Waals surface area (Å²) in [6.07, 6.45) is 0.830. The number of carbonyl (C=O) groups excluding carboxylic acids is 1. The standard InChI is InChI=1S/C24H24N2O2/c1-16-11-17(2)25-22(12-16)18-8-6-9-20(13-18)24(27)26(3)15-21-14-19-7-4-5-10-23(19)28-21/h4-13,21H,14-15H2,1-3H3/t21-/m0/s1. The zero-order valence-electron chi connectivity index (χ0n) is 16.5. The molecular formula is C24H24N2O2. The van der Waals surface area contributed by atoms with Gasteiger partial charge in [-0.25, -0.2) is 0 Å². The Morgan fingerprint density at radius 2 is 1.93 bits per heavy atom. The monoisotopic (exact) mass is 372 g/mol. The highest BCUT2D eigenvalue weighted by Gasteiger charge is 2.25. The van der Waals surface area contributed by atoms with Crippen LogP contribution in [-0.2, 0) is 6.42 Å². The van der Waals surface area contributed by atoms with Crippen molar-refractivity contribution >= 4 is 5.91 Å². The van der Waals surface area contributed by atoms with Gasteiger partial charge in [0.1, 0.15) is 11.9 Å². The SMILES string of the molecule is Cc1cc(C)nc(-c2cccc(C(=O)N(C)C[C@@H]3Cc4ccccc4O3)c2)c1. The van der Waals surface area contributed by atoms with E-state index >= 15 is 0 Å². The Morgan fingerprint density at radius 1 is 1.11 bits per heavy atom. The summed E-state index contributed by atoms with van der Waals surface area (Å²) in [5, 5.41) is 0. The van der Waals surface area contributed by atoms with E-state index in [-0.39, 0.29) is 12.0 Å². The average molecular weight is 372 g/mol. The molecule has 1 aromatic heterocycles. The van der Waals surface area contributed by atoms with E-state index in [0.717, 1.165) is 34.7 Å². The molecule has 1 aliphatic rings. The van der Waals surface area contributed by atoms with Crippen LogP contribution in [0.25, 0.3) is 11.3 Å². The maximum atomic E-state index is 13.0. The van der Waals surface area contributed by atoms with Crippen LogP contribution in [-0.4, -0.2) is 35.5 Å². The lowest BCUT2D eigenvalue weighted by atomic mass is 10.0. The maximum Gasteiger partial charge on any atom is 0.253 e. The van der Waals surface area contributed by atoms with Crippen LogP contribution in [0.3, 0.4) is 0 Å². The molecule has 2 aromatic carbocycles. The van der Waals surface area contributed by atoms with Crippen molar-refractivity contribution in [2.45, 2.75) is 26.4 Å². The number of carbonyl (C=O) groups is 1. The molecule has 0 fully saturated rings. The second-order valence-electron chi connectivity index (χ2n) is 7.49. The number of likely N-dealkylation sites (N-methyl/N-ethyl adjacent to an activating group) is 1. The van der Waals surface area contributed by atoms with Crippen molar-refractivity contribution in [1.29, 1.82) is 0 Å². The lowest BCUT2D eigenvalue weighted by Crippen LogP contribution is -2.36. The second kappa shape index (κ2) is 7.47. The molecule has 4 heteroatoms. The number of benzene rings is 2. The lowest BCUT2D eigenvalue weighted by molar-refractivity contribution is 0.0730. The van der Waals surface area contributed by atoms with E-state index in [1.807, 2.05) is 68.6 Å². The molecule has 0 N–H and O–H groups in total. The first-order valence-corrected chi connectivity index (χ1v) is 9.55. The molecule has 1 aliphatic heterocycles. The Hall–Kier alpha value is -3.14. The van der Waals surface area contributed by atoms with Crippen LogP contribution in [0.2, 0.25) is 0 Å². The van der Waals surface area contributed by atoms with E-state index in [1.165, 1.54) is 5.56 Å². The molecule has 4 rings (SSSR count). The van der Waals surface area contributed by atoms with Crippen LogP contribution < -0.4 is 4.74 Å². The third-order valence-electron chi connectivity index (χ3n) is 5.04.